The van der Waals surface area contributed by atoms with Crippen LogP contribution < -0.4 is 5.32 Å². The van der Waals surface area contributed by atoms with Gasteiger partial charge in [0.25, 0.3) is 5.69 Å². The highest BCUT2D eigenvalue weighted by Crippen LogP contribution is 2.48. The van der Waals surface area contributed by atoms with Crippen molar-refractivity contribution in [1.82, 2.24) is 5.32 Å². The lowest BCUT2D eigenvalue weighted by Gasteiger charge is -2.15. The van der Waals surface area contributed by atoms with Crippen molar-refractivity contribution in [2.75, 3.05) is 20.3 Å². The van der Waals surface area contributed by atoms with Crippen LogP contribution in [0.5, 0.6) is 0 Å². The Morgan fingerprint density at radius 3 is 2.85 bits per heavy atom. The molecule has 1 aromatic carbocycles. The van der Waals surface area contributed by atoms with Crippen molar-refractivity contribution in [3.63, 3.8) is 0 Å². The Morgan fingerprint density at radius 1 is 1.50 bits per heavy atom. The minimum Gasteiger partial charge on any atom is -0.385 e. The van der Waals surface area contributed by atoms with Crippen molar-refractivity contribution < 1.29 is 9.66 Å². The van der Waals surface area contributed by atoms with Crippen molar-refractivity contribution in [3.8, 4) is 0 Å². The molecule has 1 aromatic rings. The van der Waals surface area contributed by atoms with E-state index < -0.39 is 0 Å². The van der Waals surface area contributed by atoms with Gasteiger partial charge in [-0.05, 0) is 36.8 Å². The van der Waals surface area contributed by atoms with Crippen LogP contribution in [0.15, 0.2) is 22.7 Å². The summed E-state index contributed by atoms with van der Waals surface area (Å²) in [4.78, 5) is 10.7. The first-order chi connectivity index (χ1) is 9.56. The number of rotatable bonds is 8. The minimum absolute atomic E-state index is 0.169. The molecule has 0 aliphatic heterocycles. The van der Waals surface area contributed by atoms with Crippen LogP contribution in [0.2, 0.25) is 0 Å². The summed E-state index contributed by atoms with van der Waals surface area (Å²) < 4.78 is 5.99. The van der Waals surface area contributed by atoms with Crippen LogP contribution in [0.1, 0.15) is 24.8 Å². The Bertz CT molecular complexity index is 489. The Kier molecular flexibility index (Phi) is 5.12. The van der Waals surface area contributed by atoms with Gasteiger partial charge in [-0.1, -0.05) is 15.9 Å². The lowest BCUT2D eigenvalue weighted by atomic mass is 10.0. The summed E-state index contributed by atoms with van der Waals surface area (Å²) in [5.74, 6) is 0. The van der Waals surface area contributed by atoms with Crippen LogP contribution in [0.4, 0.5) is 5.69 Å². The van der Waals surface area contributed by atoms with Gasteiger partial charge in [0.1, 0.15) is 0 Å². The largest absolute Gasteiger partial charge is 0.385 e. The fourth-order valence-electron chi connectivity index (χ4n) is 2.35. The highest BCUT2D eigenvalue weighted by Gasteiger charge is 2.41. The van der Waals surface area contributed by atoms with Crippen molar-refractivity contribution >= 4 is 21.6 Å². The molecule has 0 aromatic heterocycles. The third kappa shape index (κ3) is 4.01. The normalized spacial score (nSPS) is 16.1. The fraction of sp³-hybridized carbons (Fsp3) is 0.571. The quantitative estimate of drug-likeness (QED) is 0.581. The summed E-state index contributed by atoms with van der Waals surface area (Å²) in [6.07, 6.45) is 3.48. The first-order valence-corrected chi connectivity index (χ1v) is 7.48. The molecule has 0 radical (unpaired) electrons. The monoisotopic (exact) mass is 342 g/mol. The molecule has 1 aliphatic rings. The lowest BCUT2D eigenvalue weighted by Crippen LogP contribution is -2.25. The molecule has 0 heterocycles. The number of ether oxygens (including phenoxy) is 1. The number of nitro benzene ring substituents is 1. The summed E-state index contributed by atoms with van der Waals surface area (Å²) in [5, 5.41) is 14.3. The summed E-state index contributed by atoms with van der Waals surface area (Å²) in [7, 11) is 1.72. The maximum absolute atomic E-state index is 11.0. The molecule has 6 heteroatoms. The highest BCUT2D eigenvalue weighted by atomic mass is 79.9. The molecular formula is C14H19BrN2O3. The summed E-state index contributed by atoms with van der Waals surface area (Å²) in [6, 6.07) is 5.04. The Morgan fingerprint density at radius 2 is 2.25 bits per heavy atom. The molecule has 0 atom stereocenters. The number of nitro groups is 1. The second kappa shape index (κ2) is 6.65. The van der Waals surface area contributed by atoms with Crippen LogP contribution in [-0.4, -0.2) is 25.2 Å². The Balaban J connectivity index is 1.91. The van der Waals surface area contributed by atoms with Crippen LogP contribution in [0.25, 0.3) is 0 Å². The first kappa shape index (κ1) is 15.4. The number of hydrogen-bond donors (Lipinski definition) is 1. The van der Waals surface area contributed by atoms with Crippen molar-refractivity contribution in [2.24, 2.45) is 5.41 Å². The SMILES string of the molecule is COCCC1(CNCc2cc(Br)ccc2[N+](=O)[O-])CC1. The number of nitrogens with zero attached hydrogens (tertiary/aromatic N) is 1. The zero-order chi connectivity index (χ0) is 14.6. The van der Waals surface area contributed by atoms with Gasteiger partial charge in [0.05, 0.1) is 4.92 Å². The van der Waals surface area contributed by atoms with Crippen molar-refractivity contribution in [1.29, 1.82) is 0 Å². The molecule has 0 amide bonds. The van der Waals surface area contributed by atoms with Gasteiger partial charge in [0, 0.05) is 42.9 Å². The van der Waals surface area contributed by atoms with Crippen molar-refractivity contribution in [3.05, 3.63) is 38.3 Å². The lowest BCUT2D eigenvalue weighted by molar-refractivity contribution is -0.385. The van der Waals surface area contributed by atoms with Crippen LogP contribution in [0, 0.1) is 15.5 Å². The van der Waals surface area contributed by atoms with E-state index >= 15 is 0 Å². The maximum atomic E-state index is 11.0. The predicted molar refractivity (Wildman–Crippen MR) is 80.7 cm³/mol. The van der Waals surface area contributed by atoms with E-state index in [4.69, 9.17) is 4.74 Å². The molecule has 0 spiro atoms. The van der Waals surface area contributed by atoms with E-state index in [1.54, 1.807) is 25.3 Å². The van der Waals surface area contributed by atoms with Crippen LogP contribution >= 0.6 is 15.9 Å². The molecule has 110 valence electrons. The van der Waals surface area contributed by atoms with Crippen molar-refractivity contribution in [2.45, 2.75) is 25.8 Å². The van der Waals surface area contributed by atoms with E-state index in [1.165, 1.54) is 12.8 Å². The summed E-state index contributed by atoms with van der Waals surface area (Å²) in [6.45, 7) is 2.18. The van der Waals surface area contributed by atoms with E-state index in [-0.39, 0.29) is 10.6 Å². The van der Waals surface area contributed by atoms with Gasteiger partial charge < -0.3 is 10.1 Å². The average Bonchev–Trinajstić information content (AvgIpc) is 3.17. The second-order valence-corrected chi connectivity index (χ2v) is 6.29. The van der Waals surface area contributed by atoms with Gasteiger partial charge >= 0.3 is 0 Å². The number of methoxy groups -OCH3 is 1. The zero-order valence-corrected chi connectivity index (χ0v) is 13.1. The molecule has 1 fully saturated rings. The number of hydrogen-bond acceptors (Lipinski definition) is 4. The number of nitrogens with one attached hydrogen (secondary N) is 1. The molecule has 0 unspecified atom stereocenters. The van der Waals surface area contributed by atoms with E-state index in [9.17, 15) is 10.1 Å². The van der Waals surface area contributed by atoms with E-state index in [0.717, 1.165) is 24.0 Å². The van der Waals surface area contributed by atoms with Gasteiger partial charge in [0.15, 0.2) is 0 Å². The van der Waals surface area contributed by atoms with Gasteiger partial charge in [0.2, 0.25) is 0 Å². The molecule has 2 rings (SSSR count). The third-order valence-electron chi connectivity index (χ3n) is 3.85. The Hall–Kier alpha value is -0.980. The zero-order valence-electron chi connectivity index (χ0n) is 11.5. The summed E-state index contributed by atoms with van der Waals surface area (Å²) >= 11 is 3.36. The minimum atomic E-state index is -0.332. The first-order valence-electron chi connectivity index (χ1n) is 6.69. The molecule has 1 aliphatic carbocycles. The predicted octanol–water partition coefficient (Wildman–Crippen LogP) is 3.26. The van der Waals surface area contributed by atoms with Gasteiger partial charge in [-0.2, -0.15) is 0 Å². The maximum Gasteiger partial charge on any atom is 0.273 e. The molecule has 20 heavy (non-hydrogen) atoms. The average molecular weight is 343 g/mol. The van der Waals surface area contributed by atoms with Gasteiger partial charge in [-0.25, -0.2) is 0 Å². The molecule has 0 saturated heterocycles. The van der Waals surface area contributed by atoms with Gasteiger partial charge in [-0.3, -0.25) is 10.1 Å². The molecule has 0 bridgehead atoms. The van der Waals surface area contributed by atoms with Gasteiger partial charge in [-0.15, -0.1) is 0 Å². The van der Waals surface area contributed by atoms with E-state index in [1.807, 2.05) is 0 Å². The van der Waals surface area contributed by atoms with Crippen LogP contribution in [0.3, 0.4) is 0 Å². The second-order valence-electron chi connectivity index (χ2n) is 5.38. The standard InChI is InChI=1S/C14H19BrN2O3/c1-20-7-6-14(4-5-14)10-16-9-11-8-12(15)2-3-13(11)17(18)19/h2-3,8,16H,4-7,9-10H2,1H3. The number of halogens is 1. The number of benzene rings is 1. The van der Waals surface area contributed by atoms with Crippen LogP contribution in [-0.2, 0) is 11.3 Å². The van der Waals surface area contributed by atoms with E-state index in [2.05, 4.69) is 21.2 Å². The molecular weight excluding hydrogens is 324 g/mol. The fourth-order valence-corrected chi connectivity index (χ4v) is 2.76. The topological polar surface area (TPSA) is 64.4 Å². The van der Waals surface area contributed by atoms with E-state index in [0.29, 0.717) is 17.5 Å². The molecule has 5 nitrogen and oxygen atoms in total. The molecule has 1 N–H and O–H groups in total. The smallest absolute Gasteiger partial charge is 0.273 e. The highest BCUT2D eigenvalue weighted by molar-refractivity contribution is 9.10. The molecule has 1 saturated carbocycles. The third-order valence-corrected chi connectivity index (χ3v) is 4.34. The summed E-state index contributed by atoms with van der Waals surface area (Å²) in [5.41, 5.74) is 1.23. The Labute approximate surface area is 127 Å².